The molecule has 0 saturated carbocycles. The number of nitrogens with zero attached hydrogens (tertiary/aromatic N) is 4. The summed E-state index contributed by atoms with van der Waals surface area (Å²) in [6.07, 6.45) is -1.96. The second-order valence-electron chi connectivity index (χ2n) is 12.2. The van der Waals surface area contributed by atoms with E-state index in [2.05, 4.69) is 33.5 Å². The molecule has 0 radical (unpaired) electrons. The summed E-state index contributed by atoms with van der Waals surface area (Å²) in [7, 11) is -2.94. The number of ether oxygens (including phenoxy) is 2. The lowest BCUT2D eigenvalue weighted by molar-refractivity contribution is -0.0394. The predicted molar refractivity (Wildman–Crippen MR) is 179 cm³/mol. The number of esters is 1. The quantitative estimate of drug-likeness (QED) is 0.0909. The molecule has 0 amide bonds. The highest BCUT2D eigenvalue weighted by molar-refractivity contribution is 7.32. The fourth-order valence-electron chi connectivity index (χ4n) is 7.27. The van der Waals surface area contributed by atoms with Crippen molar-refractivity contribution in [2.45, 2.75) is 37.0 Å². The molecular weight excluding hydrogens is 649 g/mol. The number of imidazole rings is 1. The molecule has 1 aliphatic carbocycles. The molecule has 0 bridgehead atoms. The van der Waals surface area contributed by atoms with Crippen molar-refractivity contribution in [2.75, 3.05) is 11.9 Å². The molecule has 5 aromatic carbocycles. The lowest BCUT2D eigenvalue weighted by Crippen LogP contribution is -2.25. The molecule has 244 valence electrons. The first-order chi connectivity index (χ1) is 23.9. The third-order valence-corrected chi connectivity index (χ3v) is 9.88. The van der Waals surface area contributed by atoms with E-state index in [-0.39, 0.29) is 29.4 Å². The third kappa shape index (κ3) is 4.82. The minimum Gasteiger partial charge on any atom is -0.401 e. The number of fused-ring (bicyclic) bond motifs is 1. The molecule has 4 N–H and O–H groups in total. The van der Waals surface area contributed by atoms with Crippen LogP contribution in [0.2, 0.25) is 0 Å². The molecule has 7 aromatic rings. The molecular formula is C35H27N5O8P+. The van der Waals surface area contributed by atoms with Gasteiger partial charge in [0, 0.05) is 11.0 Å². The fraction of sp³-hybridized carbons (Fsp3) is 0.200. The standard InChI is InChI=1S/C35H26N5O8P/c41-15-24-23(48-49(44)45)14-25(46-24)40-16-36-30-32(40)38-35(39-33(30)47-34(43)19-5-2-1-3-6-19)37-29-21-12-11-18-10-9-17-7-4-8-20-13-22(31(29)42)28(21)27(18)26(17)20/h1-13,16,23-25,29,31,41-42H,14-15H2,(H-,37,38,39,44,45)/p+1/t23-,24+,25+,29-,31-/m0/s1. The SMILES string of the molecule is O=C(Oc1nc(N[C@H]2c3ccc4ccc5cccc6cc(c3c4c56)[C@@H]2O)nc2c1ncn2[C@H]1C[C@H](O[P+](=O)O)[C@@H](CO)O1)c1ccccc1. The average Bonchev–Trinajstić information content (AvgIpc) is 3.79. The van der Waals surface area contributed by atoms with E-state index in [0.717, 1.165) is 43.4 Å². The highest BCUT2D eigenvalue weighted by atomic mass is 31.1. The van der Waals surface area contributed by atoms with Crippen LogP contribution >= 0.6 is 8.25 Å². The molecule has 2 aromatic heterocycles. The van der Waals surface area contributed by atoms with E-state index >= 15 is 0 Å². The Labute approximate surface area is 278 Å². The molecule has 1 aliphatic heterocycles. The van der Waals surface area contributed by atoms with Crippen molar-refractivity contribution in [1.82, 2.24) is 19.5 Å². The van der Waals surface area contributed by atoms with Crippen molar-refractivity contribution >= 4 is 63.7 Å². The number of aliphatic hydroxyl groups is 2. The number of benzene rings is 5. The summed E-state index contributed by atoms with van der Waals surface area (Å²) < 4.78 is 29.9. The number of carbonyl (C=O) groups excluding carboxylic acids is 1. The zero-order chi connectivity index (χ0) is 33.4. The van der Waals surface area contributed by atoms with E-state index in [0.29, 0.717) is 5.56 Å². The van der Waals surface area contributed by atoms with Gasteiger partial charge in [-0.15, -0.1) is 9.42 Å². The van der Waals surface area contributed by atoms with Crippen LogP contribution in [-0.4, -0.2) is 59.4 Å². The van der Waals surface area contributed by atoms with Crippen LogP contribution in [0.25, 0.3) is 43.5 Å². The molecule has 14 heteroatoms. The molecule has 1 fully saturated rings. The zero-order valence-electron chi connectivity index (χ0n) is 25.5. The first kappa shape index (κ1) is 30.0. The summed E-state index contributed by atoms with van der Waals surface area (Å²) in [6.45, 7) is -0.446. The highest BCUT2D eigenvalue weighted by Gasteiger charge is 2.43. The predicted octanol–water partition coefficient (Wildman–Crippen LogP) is 5.46. The second-order valence-corrected chi connectivity index (χ2v) is 12.9. The molecule has 13 nitrogen and oxygen atoms in total. The van der Waals surface area contributed by atoms with E-state index in [1.807, 2.05) is 30.3 Å². The maximum atomic E-state index is 13.2. The molecule has 9 rings (SSSR count). The minimum atomic E-state index is -2.94. The number of anilines is 1. The molecule has 6 atom stereocenters. The Morgan fingerprint density at radius 1 is 0.959 bits per heavy atom. The van der Waals surface area contributed by atoms with Crippen molar-refractivity contribution < 1.29 is 38.5 Å². The molecule has 49 heavy (non-hydrogen) atoms. The zero-order valence-corrected chi connectivity index (χ0v) is 26.4. The van der Waals surface area contributed by atoms with Crippen molar-refractivity contribution in [3.05, 3.63) is 102 Å². The Balaban J connectivity index is 1.14. The van der Waals surface area contributed by atoms with Crippen LogP contribution in [-0.2, 0) is 13.8 Å². The number of nitrogens with one attached hydrogen (secondary N) is 1. The van der Waals surface area contributed by atoms with Gasteiger partial charge in [-0.3, -0.25) is 4.57 Å². The lowest BCUT2D eigenvalue weighted by Gasteiger charge is -2.20. The van der Waals surface area contributed by atoms with Crippen molar-refractivity contribution in [1.29, 1.82) is 0 Å². The summed E-state index contributed by atoms with van der Waals surface area (Å²) in [5, 5.41) is 31.4. The lowest BCUT2D eigenvalue weighted by atomic mass is 9.91. The summed E-state index contributed by atoms with van der Waals surface area (Å²) in [6, 6.07) is 24.2. The Morgan fingerprint density at radius 3 is 2.53 bits per heavy atom. The van der Waals surface area contributed by atoms with Gasteiger partial charge in [0.1, 0.15) is 24.5 Å². The maximum Gasteiger partial charge on any atom is 0.695 e. The van der Waals surface area contributed by atoms with Crippen LogP contribution in [0, 0.1) is 0 Å². The number of carbonyl (C=O) groups is 1. The monoisotopic (exact) mass is 676 g/mol. The van der Waals surface area contributed by atoms with Gasteiger partial charge in [0.05, 0.1) is 24.5 Å². The normalized spacial score (nSPS) is 22.1. The first-order valence-electron chi connectivity index (χ1n) is 15.6. The second kappa shape index (κ2) is 11.5. The molecule has 0 spiro atoms. The van der Waals surface area contributed by atoms with Gasteiger partial charge in [-0.05, 0) is 61.6 Å². The summed E-state index contributed by atoms with van der Waals surface area (Å²) in [5.41, 5.74) is 2.35. The van der Waals surface area contributed by atoms with Gasteiger partial charge >= 0.3 is 14.2 Å². The molecule has 3 heterocycles. The molecule has 2 aliphatic rings. The topological polar surface area (TPSA) is 178 Å². The van der Waals surface area contributed by atoms with Gasteiger partial charge < -0.3 is 25.0 Å². The van der Waals surface area contributed by atoms with Crippen LogP contribution in [0.4, 0.5) is 5.95 Å². The summed E-state index contributed by atoms with van der Waals surface area (Å²) in [4.78, 5) is 36.3. The third-order valence-electron chi connectivity index (χ3n) is 9.43. The van der Waals surface area contributed by atoms with Crippen molar-refractivity contribution in [3.8, 4) is 5.88 Å². The maximum absolute atomic E-state index is 13.2. The number of hydrogen-bond acceptors (Lipinski definition) is 11. The highest BCUT2D eigenvalue weighted by Crippen LogP contribution is 2.50. The summed E-state index contributed by atoms with van der Waals surface area (Å²) in [5.74, 6) is -0.725. The number of aliphatic hydroxyl groups excluding tert-OH is 2. The summed E-state index contributed by atoms with van der Waals surface area (Å²) >= 11 is 0. The van der Waals surface area contributed by atoms with Gasteiger partial charge in [-0.25, -0.2) is 9.78 Å². The largest absolute Gasteiger partial charge is 0.695 e. The molecule has 1 saturated heterocycles. The van der Waals surface area contributed by atoms with E-state index in [4.69, 9.17) is 19.0 Å². The minimum absolute atomic E-state index is 0.0550. The van der Waals surface area contributed by atoms with Crippen LogP contribution < -0.4 is 10.1 Å². The van der Waals surface area contributed by atoms with E-state index in [1.54, 1.807) is 34.9 Å². The van der Waals surface area contributed by atoms with E-state index in [1.165, 1.54) is 6.33 Å². The molecule has 1 unspecified atom stereocenters. The smallest absolute Gasteiger partial charge is 0.401 e. The Hall–Kier alpha value is -5.14. The van der Waals surface area contributed by atoms with Crippen LogP contribution in [0.3, 0.4) is 0 Å². The van der Waals surface area contributed by atoms with Crippen LogP contribution in [0.5, 0.6) is 5.88 Å². The van der Waals surface area contributed by atoms with Gasteiger partial charge in [0.25, 0.3) is 5.88 Å². The Bertz CT molecular complexity index is 2440. The number of aromatic nitrogens is 4. The van der Waals surface area contributed by atoms with E-state index < -0.39 is 51.4 Å². The average molecular weight is 677 g/mol. The Morgan fingerprint density at radius 2 is 1.73 bits per heavy atom. The Kier molecular flexibility index (Phi) is 7.02. The first-order valence-corrected chi connectivity index (χ1v) is 16.8. The van der Waals surface area contributed by atoms with Crippen molar-refractivity contribution in [2.24, 2.45) is 0 Å². The van der Waals surface area contributed by atoms with Crippen molar-refractivity contribution in [3.63, 3.8) is 0 Å². The van der Waals surface area contributed by atoms with Gasteiger partial charge in [0.2, 0.25) is 5.95 Å². The van der Waals surface area contributed by atoms with E-state index in [9.17, 15) is 24.5 Å². The van der Waals surface area contributed by atoms with Gasteiger partial charge in [-0.2, -0.15) is 9.97 Å². The number of hydrogen-bond donors (Lipinski definition) is 4. The van der Waals surface area contributed by atoms with Crippen LogP contribution in [0.1, 0.15) is 46.3 Å². The number of rotatable bonds is 8. The van der Waals surface area contributed by atoms with Gasteiger partial charge in [0.15, 0.2) is 11.2 Å². The fourth-order valence-corrected chi connectivity index (χ4v) is 7.72. The van der Waals surface area contributed by atoms with Gasteiger partial charge in [-0.1, -0.05) is 60.7 Å². The van der Waals surface area contributed by atoms with Crippen LogP contribution in [0.15, 0.2) is 85.2 Å².